The average molecular weight is 201 g/mol. The van der Waals surface area contributed by atoms with Crippen molar-refractivity contribution in [2.75, 3.05) is 13.1 Å². The van der Waals surface area contributed by atoms with E-state index in [2.05, 4.69) is 16.0 Å². The van der Waals surface area contributed by atoms with E-state index in [1.807, 2.05) is 12.1 Å². The maximum atomic E-state index is 8.94. The second-order valence-corrected chi connectivity index (χ2v) is 3.95. The molecule has 0 N–H and O–H groups in total. The zero-order chi connectivity index (χ0) is 10.5. The van der Waals surface area contributed by atoms with E-state index in [9.17, 15) is 0 Å². The van der Waals surface area contributed by atoms with Gasteiger partial charge in [-0.05, 0) is 38.1 Å². The van der Waals surface area contributed by atoms with E-state index < -0.39 is 0 Å². The highest BCUT2D eigenvalue weighted by Gasteiger charge is 2.12. The summed E-state index contributed by atoms with van der Waals surface area (Å²) in [7, 11) is 0. The van der Waals surface area contributed by atoms with Crippen molar-refractivity contribution < 1.29 is 0 Å². The van der Waals surface area contributed by atoms with Gasteiger partial charge in [0.15, 0.2) is 0 Å². The van der Waals surface area contributed by atoms with Crippen molar-refractivity contribution in [3.8, 4) is 6.07 Å². The van der Waals surface area contributed by atoms with Crippen LogP contribution in [0.3, 0.4) is 0 Å². The molecule has 1 aromatic rings. The molecule has 1 aromatic heterocycles. The molecule has 0 aromatic carbocycles. The highest BCUT2D eigenvalue weighted by Crippen LogP contribution is 2.13. The second-order valence-electron chi connectivity index (χ2n) is 3.95. The fraction of sp³-hybridized carbons (Fsp3) is 0.500. The molecule has 1 aliphatic heterocycles. The molecule has 15 heavy (non-hydrogen) atoms. The molecule has 0 unspecified atom stereocenters. The Morgan fingerprint density at radius 1 is 1.33 bits per heavy atom. The highest BCUT2D eigenvalue weighted by atomic mass is 15.1. The van der Waals surface area contributed by atoms with Crippen LogP contribution in [0.15, 0.2) is 18.3 Å². The molecule has 0 radical (unpaired) electrons. The Morgan fingerprint density at radius 2 is 2.13 bits per heavy atom. The van der Waals surface area contributed by atoms with Gasteiger partial charge in [0.25, 0.3) is 0 Å². The summed E-state index contributed by atoms with van der Waals surface area (Å²) in [5.74, 6) is 0. The zero-order valence-corrected chi connectivity index (χ0v) is 8.82. The number of piperidine rings is 1. The van der Waals surface area contributed by atoms with Crippen LogP contribution in [0.1, 0.15) is 30.5 Å². The van der Waals surface area contributed by atoms with Gasteiger partial charge in [-0.2, -0.15) is 5.26 Å². The summed E-state index contributed by atoms with van der Waals surface area (Å²) in [6, 6.07) is 5.85. The standard InChI is InChI=1S/C12H15N3/c13-9-11-5-4-6-14-12(11)10-15-7-2-1-3-8-15/h4-6H,1-3,7-8,10H2. The van der Waals surface area contributed by atoms with Gasteiger partial charge in [-0.25, -0.2) is 0 Å². The Hall–Kier alpha value is -1.40. The predicted octanol–water partition coefficient (Wildman–Crippen LogP) is 1.94. The molecule has 2 heterocycles. The zero-order valence-electron chi connectivity index (χ0n) is 8.82. The van der Waals surface area contributed by atoms with Crippen LogP contribution < -0.4 is 0 Å². The van der Waals surface area contributed by atoms with Crippen molar-refractivity contribution in [2.24, 2.45) is 0 Å². The van der Waals surface area contributed by atoms with Crippen LogP contribution in [0.5, 0.6) is 0 Å². The maximum absolute atomic E-state index is 8.94. The van der Waals surface area contributed by atoms with Gasteiger partial charge in [0.2, 0.25) is 0 Å². The van der Waals surface area contributed by atoms with E-state index in [-0.39, 0.29) is 0 Å². The van der Waals surface area contributed by atoms with Crippen molar-refractivity contribution in [3.63, 3.8) is 0 Å². The first kappa shape index (κ1) is 10.1. The summed E-state index contributed by atoms with van der Waals surface area (Å²) >= 11 is 0. The smallest absolute Gasteiger partial charge is 0.101 e. The van der Waals surface area contributed by atoms with Gasteiger partial charge in [-0.1, -0.05) is 6.42 Å². The molecular formula is C12H15N3. The third kappa shape index (κ3) is 2.54. The van der Waals surface area contributed by atoms with E-state index in [0.717, 1.165) is 25.3 Å². The third-order valence-electron chi connectivity index (χ3n) is 2.83. The molecule has 0 atom stereocenters. The van der Waals surface area contributed by atoms with Crippen LogP contribution in [-0.4, -0.2) is 23.0 Å². The van der Waals surface area contributed by atoms with Gasteiger partial charge >= 0.3 is 0 Å². The largest absolute Gasteiger partial charge is 0.297 e. The Labute approximate surface area is 90.4 Å². The number of nitrogens with zero attached hydrogens (tertiary/aromatic N) is 3. The number of rotatable bonds is 2. The molecule has 0 spiro atoms. The number of nitriles is 1. The van der Waals surface area contributed by atoms with Crippen LogP contribution in [0.2, 0.25) is 0 Å². The molecule has 1 fully saturated rings. The van der Waals surface area contributed by atoms with Crippen molar-refractivity contribution in [1.82, 2.24) is 9.88 Å². The molecule has 3 heteroatoms. The molecule has 0 bridgehead atoms. The molecule has 2 rings (SSSR count). The predicted molar refractivity (Wildman–Crippen MR) is 58.1 cm³/mol. The van der Waals surface area contributed by atoms with E-state index in [4.69, 9.17) is 5.26 Å². The first-order valence-corrected chi connectivity index (χ1v) is 5.46. The van der Waals surface area contributed by atoms with Gasteiger partial charge in [-0.15, -0.1) is 0 Å². The quantitative estimate of drug-likeness (QED) is 0.734. The summed E-state index contributed by atoms with van der Waals surface area (Å²) < 4.78 is 0. The van der Waals surface area contributed by atoms with Crippen LogP contribution in [0.25, 0.3) is 0 Å². The van der Waals surface area contributed by atoms with Gasteiger partial charge in [-0.3, -0.25) is 9.88 Å². The van der Waals surface area contributed by atoms with Crippen LogP contribution in [-0.2, 0) is 6.54 Å². The summed E-state index contributed by atoms with van der Waals surface area (Å²) in [4.78, 5) is 6.66. The summed E-state index contributed by atoms with van der Waals surface area (Å²) in [6.07, 6.45) is 5.65. The lowest BCUT2D eigenvalue weighted by Gasteiger charge is -2.26. The Bertz CT molecular complexity index is 361. The topological polar surface area (TPSA) is 39.9 Å². The number of hydrogen-bond acceptors (Lipinski definition) is 3. The molecule has 0 amide bonds. The summed E-state index contributed by atoms with van der Waals surface area (Å²) in [6.45, 7) is 3.10. The minimum atomic E-state index is 0.711. The summed E-state index contributed by atoms with van der Waals surface area (Å²) in [5, 5.41) is 8.94. The normalized spacial score (nSPS) is 17.3. The van der Waals surface area contributed by atoms with E-state index in [1.165, 1.54) is 19.3 Å². The van der Waals surface area contributed by atoms with E-state index in [0.29, 0.717) is 5.56 Å². The van der Waals surface area contributed by atoms with Crippen molar-refractivity contribution in [1.29, 1.82) is 5.26 Å². The molecular weight excluding hydrogens is 186 g/mol. The highest BCUT2D eigenvalue weighted by molar-refractivity contribution is 5.32. The number of aromatic nitrogens is 1. The molecule has 0 aliphatic carbocycles. The van der Waals surface area contributed by atoms with Gasteiger partial charge in [0.05, 0.1) is 11.3 Å². The molecule has 78 valence electrons. The molecule has 1 saturated heterocycles. The van der Waals surface area contributed by atoms with Crippen LogP contribution >= 0.6 is 0 Å². The fourth-order valence-electron chi connectivity index (χ4n) is 2.00. The van der Waals surface area contributed by atoms with Gasteiger partial charge in [0.1, 0.15) is 6.07 Å². The lowest BCUT2D eigenvalue weighted by atomic mass is 10.1. The monoisotopic (exact) mass is 201 g/mol. The molecule has 3 nitrogen and oxygen atoms in total. The number of hydrogen-bond donors (Lipinski definition) is 0. The van der Waals surface area contributed by atoms with Crippen LogP contribution in [0.4, 0.5) is 0 Å². The first-order valence-electron chi connectivity index (χ1n) is 5.46. The van der Waals surface area contributed by atoms with E-state index >= 15 is 0 Å². The number of pyridine rings is 1. The Kier molecular flexibility index (Phi) is 3.31. The van der Waals surface area contributed by atoms with Gasteiger partial charge < -0.3 is 0 Å². The maximum Gasteiger partial charge on any atom is 0.101 e. The van der Waals surface area contributed by atoms with E-state index in [1.54, 1.807) is 6.20 Å². The molecule has 1 aliphatic rings. The average Bonchev–Trinajstić information content (AvgIpc) is 2.31. The lowest BCUT2D eigenvalue weighted by molar-refractivity contribution is 0.218. The number of likely N-dealkylation sites (tertiary alicyclic amines) is 1. The third-order valence-corrected chi connectivity index (χ3v) is 2.83. The fourth-order valence-corrected chi connectivity index (χ4v) is 2.00. The minimum absolute atomic E-state index is 0.711. The lowest BCUT2D eigenvalue weighted by Crippen LogP contribution is -2.29. The van der Waals surface area contributed by atoms with Crippen molar-refractivity contribution in [2.45, 2.75) is 25.8 Å². The van der Waals surface area contributed by atoms with Crippen molar-refractivity contribution in [3.05, 3.63) is 29.6 Å². The summed E-state index contributed by atoms with van der Waals surface area (Å²) in [5.41, 5.74) is 1.63. The van der Waals surface area contributed by atoms with Crippen LogP contribution in [0, 0.1) is 11.3 Å². The Morgan fingerprint density at radius 3 is 2.87 bits per heavy atom. The minimum Gasteiger partial charge on any atom is -0.297 e. The first-order chi connectivity index (χ1) is 7.40. The second kappa shape index (κ2) is 4.90. The molecule has 0 saturated carbocycles. The SMILES string of the molecule is N#Cc1cccnc1CN1CCCCC1. The van der Waals surface area contributed by atoms with Crippen molar-refractivity contribution >= 4 is 0 Å². The van der Waals surface area contributed by atoms with Gasteiger partial charge in [0, 0.05) is 12.7 Å². The Balaban J connectivity index is 2.06.